The SMILES string of the molecule is CC(=O)[C@H](CC(C)C)NC1CCC(C(=O)[C@H](CO)NC(=O)[C@@H](N)CCCN=C(N)N)N[C@@H](CC(N)=O)C(=O)N[C@@H](Cc2ccc(O)cc2)C(=O)N[C@@H](Cc2ccc(O)cc2)C(=O)NCC(=O)N[C@@H]([C@H](C)O)C1=O. The molecular formula is C48H72N12O13. The first-order valence-electron chi connectivity index (χ1n) is 23.9. The zero-order chi connectivity index (χ0) is 54.5. The molecule has 2 aromatic carbocycles. The van der Waals surface area contributed by atoms with E-state index in [0.717, 1.165) is 0 Å². The molecular weight excluding hydrogens is 953 g/mol. The number of nitrogens with two attached hydrogens (primary N) is 4. The Morgan fingerprint density at radius 2 is 1.33 bits per heavy atom. The van der Waals surface area contributed by atoms with Gasteiger partial charge >= 0.3 is 0 Å². The summed E-state index contributed by atoms with van der Waals surface area (Å²) in [6.07, 6.45) is -3.25. The van der Waals surface area contributed by atoms with E-state index in [0.29, 0.717) is 11.1 Å². The number of rotatable bonds is 21. The van der Waals surface area contributed by atoms with Gasteiger partial charge in [-0.2, -0.15) is 0 Å². The molecule has 1 saturated heterocycles. The number of aliphatic hydroxyl groups excluding tert-OH is 2. The first kappa shape index (κ1) is 60.2. The normalized spacial score (nSPS) is 22.3. The molecule has 1 heterocycles. The summed E-state index contributed by atoms with van der Waals surface area (Å²) in [5.74, 6) is -8.56. The summed E-state index contributed by atoms with van der Waals surface area (Å²) in [7, 11) is 0. The molecule has 0 bridgehead atoms. The van der Waals surface area contributed by atoms with Crippen LogP contribution in [0, 0.1) is 5.92 Å². The van der Waals surface area contributed by atoms with E-state index in [1.54, 1.807) is 0 Å². The highest BCUT2D eigenvalue weighted by molar-refractivity contribution is 5.98. The highest BCUT2D eigenvalue weighted by atomic mass is 16.3. The summed E-state index contributed by atoms with van der Waals surface area (Å²) in [5, 5.41) is 59.7. The zero-order valence-corrected chi connectivity index (χ0v) is 41.5. The Hall–Kier alpha value is -7.06. The zero-order valence-electron chi connectivity index (χ0n) is 41.5. The Morgan fingerprint density at radius 1 is 0.781 bits per heavy atom. The molecule has 25 heteroatoms. The van der Waals surface area contributed by atoms with E-state index in [1.165, 1.54) is 62.4 Å². The molecule has 1 fully saturated rings. The Morgan fingerprint density at radius 3 is 1.82 bits per heavy atom. The van der Waals surface area contributed by atoms with Gasteiger partial charge in [0.05, 0.1) is 55.9 Å². The number of nitrogens with one attached hydrogen (secondary N) is 7. The number of aliphatic hydroxyl groups is 2. The Bertz CT molecular complexity index is 2260. The molecule has 0 spiro atoms. The van der Waals surface area contributed by atoms with Crippen molar-refractivity contribution in [3.8, 4) is 11.5 Å². The van der Waals surface area contributed by atoms with Crippen molar-refractivity contribution < 1.29 is 63.6 Å². The number of Topliss-reactive ketones (excluding diaryl/α,β-unsaturated/α-hetero) is 3. The van der Waals surface area contributed by atoms with E-state index in [4.69, 9.17) is 22.9 Å². The van der Waals surface area contributed by atoms with Crippen LogP contribution < -0.4 is 60.2 Å². The van der Waals surface area contributed by atoms with Crippen molar-refractivity contribution in [2.45, 2.75) is 140 Å². The number of carbonyl (C=O) groups is 9. The Labute approximate surface area is 422 Å². The molecule has 73 heavy (non-hydrogen) atoms. The fourth-order valence-corrected chi connectivity index (χ4v) is 7.92. The molecule has 2 aromatic rings. The molecule has 2 unspecified atom stereocenters. The van der Waals surface area contributed by atoms with Crippen LogP contribution in [0.3, 0.4) is 0 Å². The Balaban J connectivity index is 2.25. The first-order chi connectivity index (χ1) is 34.4. The maximum atomic E-state index is 14.7. The van der Waals surface area contributed by atoms with Crippen LogP contribution in [0.4, 0.5) is 0 Å². The number of primary amides is 1. The molecule has 25 nitrogen and oxygen atoms in total. The minimum absolute atomic E-state index is 0.0439. The number of aromatic hydroxyl groups is 2. The summed E-state index contributed by atoms with van der Waals surface area (Å²) in [5.41, 5.74) is 23.3. The van der Waals surface area contributed by atoms with E-state index in [-0.39, 0.29) is 67.8 Å². The van der Waals surface area contributed by atoms with Crippen LogP contribution in [0.2, 0.25) is 0 Å². The second-order valence-corrected chi connectivity index (χ2v) is 18.5. The highest BCUT2D eigenvalue weighted by Crippen LogP contribution is 2.18. The van der Waals surface area contributed by atoms with Gasteiger partial charge in [-0.1, -0.05) is 38.1 Å². The Kier molecular flexibility index (Phi) is 24.3. The molecule has 0 radical (unpaired) electrons. The molecule has 1 aliphatic heterocycles. The van der Waals surface area contributed by atoms with Crippen LogP contribution in [0.15, 0.2) is 53.5 Å². The number of hydrogen-bond acceptors (Lipinski definition) is 17. The smallest absolute Gasteiger partial charge is 0.243 e. The van der Waals surface area contributed by atoms with Gasteiger partial charge < -0.3 is 69.9 Å². The largest absolute Gasteiger partial charge is 0.508 e. The third-order valence-corrected chi connectivity index (χ3v) is 11.8. The van der Waals surface area contributed by atoms with Gasteiger partial charge in [0, 0.05) is 19.4 Å². The van der Waals surface area contributed by atoms with Crippen LogP contribution in [0.5, 0.6) is 11.5 Å². The minimum Gasteiger partial charge on any atom is -0.508 e. The lowest BCUT2D eigenvalue weighted by molar-refractivity contribution is -0.134. The summed E-state index contributed by atoms with van der Waals surface area (Å²) in [6, 6.07) is -2.34. The second kappa shape index (κ2) is 29.5. The summed E-state index contributed by atoms with van der Waals surface area (Å²) in [6.45, 7) is 4.49. The fraction of sp³-hybridized carbons (Fsp3) is 0.542. The fourth-order valence-electron chi connectivity index (χ4n) is 7.92. The average molecular weight is 1030 g/mol. The van der Waals surface area contributed by atoms with Gasteiger partial charge in [0.15, 0.2) is 17.5 Å². The topological polar surface area (TPSA) is 435 Å². The monoisotopic (exact) mass is 1020 g/mol. The van der Waals surface area contributed by atoms with Crippen molar-refractivity contribution in [1.82, 2.24) is 37.2 Å². The van der Waals surface area contributed by atoms with Gasteiger partial charge in [-0.3, -0.25) is 58.8 Å². The lowest BCUT2D eigenvalue weighted by Gasteiger charge is -2.32. The van der Waals surface area contributed by atoms with E-state index >= 15 is 0 Å². The van der Waals surface area contributed by atoms with Crippen molar-refractivity contribution in [3.05, 3.63) is 59.7 Å². The number of carbonyl (C=O) groups excluding carboxylic acids is 9. The maximum Gasteiger partial charge on any atom is 0.243 e. The third kappa shape index (κ3) is 20.5. The van der Waals surface area contributed by atoms with E-state index in [9.17, 15) is 63.6 Å². The van der Waals surface area contributed by atoms with Crippen molar-refractivity contribution >= 4 is 58.8 Å². The van der Waals surface area contributed by atoms with E-state index in [1.807, 2.05) is 13.8 Å². The number of benzene rings is 2. The van der Waals surface area contributed by atoms with Crippen LogP contribution in [-0.2, 0) is 56.0 Å². The number of guanidine groups is 1. The molecule has 3 rings (SSSR count). The number of amides is 6. The van der Waals surface area contributed by atoms with Gasteiger partial charge in [-0.15, -0.1) is 0 Å². The number of phenolic OH excluding ortho intramolecular Hbond substituents is 2. The van der Waals surface area contributed by atoms with Crippen molar-refractivity contribution in [1.29, 1.82) is 0 Å². The van der Waals surface area contributed by atoms with E-state index in [2.05, 4.69) is 42.2 Å². The van der Waals surface area contributed by atoms with Gasteiger partial charge in [0.1, 0.15) is 41.4 Å². The first-order valence-corrected chi connectivity index (χ1v) is 23.9. The lowest BCUT2D eigenvalue weighted by Crippen LogP contribution is -2.61. The molecule has 0 aromatic heterocycles. The minimum atomic E-state index is -1.76. The number of aliphatic imine (C=N–C) groups is 1. The van der Waals surface area contributed by atoms with Crippen LogP contribution >= 0.6 is 0 Å². The van der Waals surface area contributed by atoms with Crippen LogP contribution in [0.1, 0.15) is 77.3 Å². The quantitative estimate of drug-likeness (QED) is 0.0320. The molecule has 10 atom stereocenters. The maximum absolute atomic E-state index is 14.7. The standard InChI is InChI=1S/C48H72N12O13/c1-24(2)18-34(25(3)62)55-33-16-15-32(42(68)38(23-61)59-44(70)31(49)6-5-17-53-48(51)52)56-37(21-39(50)66)47(73)58-36(20-28-9-13-30(65)14-10-28)46(72)57-35(19-27-7-11-29(64)12-8-27)45(71)54-22-40(67)60-41(26(4)63)43(33)69/h7-14,24,26,31-38,41,55-56,61,63-65H,5-6,15-23,49H2,1-4H3,(H2,50,66)(H,54,71)(H,57,72)(H,58,73)(H,59,70)(H,60,67)(H4,51,52,53)/t26-,31-,32?,33?,34-,35-,36-,37-,38-,41-/m0/s1. The van der Waals surface area contributed by atoms with Gasteiger partial charge in [0.25, 0.3) is 0 Å². The number of hydrogen-bond donors (Lipinski definition) is 15. The summed E-state index contributed by atoms with van der Waals surface area (Å²) < 4.78 is 0. The van der Waals surface area contributed by atoms with Gasteiger partial charge in [-0.25, -0.2) is 0 Å². The van der Waals surface area contributed by atoms with Crippen molar-refractivity contribution in [2.24, 2.45) is 33.8 Å². The summed E-state index contributed by atoms with van der Waals surface area (Å²) in [4.78, 5) is 129. The number of ketones is 3. The molecule has 1 aliphatic rings. The van der Waals surface area contributed by atoms with Crippen LogP contribution in [0.25, 0.3) is 0 Å². The molecule has 6 amide bonds. The third-order valence-electron chi connectivity index (χ3n) is 11.8. The van der Waals surface area contributed by atoms with Gasteiger partial charge in [0.2, 0.25) is 35.4 Å². The predicted octanol–water partition coefficient (Wildman–Crippen LogP) is -4.21. The number of phenols is 2. The molecule has 19 N–H and O–H groups in total. The van der Waals surface area contributed by atoms with Gasteiger partial charge in [-0.05, 0) is 87.3 Å². The van der Waals surface area contributed by atoms with E-state index < -0.39 is 140 Å². The lowest BCUT2D eigenvalue weighted by atomic mass is 9.90. The average Bonchev–Trinajstić information content (AvgIpc) is 3.32. The van der Waals surface area contributed by atoms with Crippen molar-refractivity contribution in [3.63, 3.8) is 0 Å². The summed E-state index contributed by atoms with van der Waals surface area (Å²) >= 11 is 0. The highest BCUT2D eigenvalue weighted by Gasteiger charge is 2.39. The molecule has 0 aliphatic carbocycles. The number of nitrogens with zero attached hydrogens (tertiary/aromatic N) is 1. The van der Waals surface area contributed by atoms with Crippen LogP contribution in [-0.4, -0.2) is 159 Å². The molecule has 402 valence electrons. The predicted molar refractivity (Wildman–Crippen MR) is 266 cm³/mol. The van der Waals surface area contributed by atoms with Crippen molar-refractivity contribution in [2.75, 3.05) is 19.7 Å². The second-order valence-electron chi connectivity index (χ2n) is 18.5. The molecule has 0 saturated carbocycles.